The molecular formula is C24H33N3O4S. The van der Waals surface area contributed by atoms with E-state index in [9.17, 15) is 13.2 Å². The van der Waals surface area contributed by atoms with E-state index in [1.165, 1.54) is 12.1 Å². The molecule has 32 heavy (non-hydrogen) atoms. The summed E-state index contributed by atoms with van der Waals surface area (Å²) in [6.45, 7) is 12.2. The van der Waals surface area contributed by atoms with Crippen molar-refractivity contribution in [1.82, 2.24) is 10.2 Å². The highest BCUT2D eigenvalue weighted by molar-refractivity contribution is 7.92. The smallest absolute Gasteiger partial charge is 0.261 e. The van der Waals surface area contributed by atoms with Crippen molar-refractivity contribution in [2.24, 2.45) is 0 Å². The van der Waals surface area contributed by atoms with Crippen molar-refractivity contribution < 1.29 is 17.9 Å². The maximum absolute atomic E-state index is 12.8. The lowest BCUT2D eigenvalue weighted by Gasteiger charge is -2.45. The third-order valence-electron chi connectivity index (χ3n) is 5.63. The fourth-order valence-corrected chi connectivity index (χ4v) is 5.00. The van der Waals surface area contributed by atoms with Crippen LogP contribution < -0.4 is 10.0 Å². The van der Waals surface area contributed by atoms with Gasteiger partial charge in [0, 0.05) is 36.4 Å². The fraction of sp³-hybridized carbons (Fsp3) is 0.458. The Kier molecular flexibility index (Phi) is 7.27. The molecule has 0 aliphatic carbocycles. The predicted molar refractivity (Wildman–Crippen MR) is 126 cm³/mol. The summed E-state index contributed by atoms with van der Waals surface area (Å²) in [6, 6.07) is 13.2. The molecule has 0 radical (unpaired) electrons. The number of nitrogens with one attached hydrogen (secondary N) is 2. The molecule has 1 heterocycles. The number of anilines is 1. The number of carbonyl (C=O) groups excluding carboxylic acids is 1. The second kappa shape index (κ2) is 9.60. The van der Waals surface area contributed by atoms with Gasteiger partial charge in [-0.25, -0.2) is 8.42 Å². The summed E-state index contributed by atoms with van der Waals surface area (Å²) < 4.78 is 34.0. The first kappa shape index (κ1) is 24.2. The number of aryl methyl sites for hydroxylation is 1. The molecule has 174 valence electrons. The largest absolute Gasteiger partial charge is 0.373 e. The molecule has 0 bridgehead atoms. The molecule has 0 unspecified atom stereocenters. The minimum Gasteiger partial charge on any atom is -0.373 e. The molecule has 2 aromatic carbocycles. The highest BCUT2D eigenvalue weighted by atomic mass is 32.2. The van der Waals surface area contributed by atoms with Crippen LogP contribution in [-0.4, -0.2) is 56.6 Å². The Hall–Kier alpha value is -2.42. The number of hydrogen-bond donors (Lipinski definition) is 2. The zero-order valence-corrected chi connectivity index (χ0v) is 20.2. The summed E-state index contributed by atoms with van der Waals surface area (Å²) in [6.07, 6.45) is 0.271. The first-order valence-electron chi connectivity index (χ1n) is 10.8. The van der Waals surface area contributed by atoms with Crippen molar-refractivity contribution in [3.8, 4) is 0 Å². The van der Waals surface area contributed by atoms with E-state index in [-0.39, 0.29) is 28.5 Å². The van der Waals surface area contributed by atoms with Crippen molar-refractivity contribution in [1.29, 1.82) is 0 Å². The Morgan fingerprint density at radius 3 is 2.41 bits per heavy atom. The number of benzene rings is 2. The topological polar surface area (TPSA) is 87.7 Å². The number of nitrogens with zero attached hydrogens (tertiary/aromatic N) is 1. The lowest BCUT2D eigenvalue weighted by atomic mass is 10.00. The minimum absolute atomic E-state index is 0.0433. The normalized spacial score (nSPS) is 20.0. The molecule has 1 aliphatic heterocycles. The summed E-state index contributed by atoms with van der Waals surface area (Å²) in [5, 5.41) is 2.97. The van der Waals surface area contributed by atoms with Gasteiger partial charge in [0.15, 0.2) is 0 Å². The van der Waals surface area contributed by atoms with E-state index in [4.69, 9.17) is 4.74 Å². The van der Waals surface area contributed by atoms with Crippen molar-refractivity contribution in [3.05, 3.63) is 59.7 Å². The third-order valence-corrected chi connectivity index (χ3v) is 7.01. The van der Waals surface area contributed by atoms with Crippen LogP contribution in [-0.2, 0) is 14.8 Å². The van der Waals surface area contributed by atoms with Crippen LogP contribution in [0.25, 0.3) is 0 Å². The van der Waals surface area contributed by atoms with Crippen molar-refractivity contribution in [3.63, 3.8) is 0 Å². The van der Waals surface area contributed by atoms with Crippen LogP contribution in [0.4, 0.5) is 5.69 Å². The first-order chi connectivity index (χ1) is 15.0. The SMILES string of the molecule is Cc1cccc(NS(=O)(=O)c2cccc(C(=O)NCC(C)(C)N3C[C@H](C)O[C@@H](C)C3)c2)c1. The van der Waals surface area contributed by atoms with E-state index < -0.39 is 10.0 Å². The van der Waals surface area contributed by atoms with Crippen LogP contribution in [0.5, 0.6) is 0 Å². The molecule has 1 fully saturated rings. The highest BCUT2D eigenvalue weighted by Gasteiger charge is 2.33. The molecule has 2 aromatic rings. The monoisotopic (exact) mass is 459 g/mol. The molecule has 0 saturated carbocycles. The van der Waals surface area contributed by atoms with Gasteiger partial charge < -0.3 is 10.1 Å². The first-order valence-corrected chi connectivity index (χ1v) is 12.3. The standard InChI is InChI=1S/C24H33N3O4S/c1-17-8-6-10-21(12-17)26-32(29,30)22-11-7-9-20(13-22)23(28)25-16-24(4,5)27-14-18(2)31-19(3)15-27/h6-13,18-19,26H,14-16H2,1-5H3,(H,25,28)/t18-,19-/m0/s1. The number of ether oxygens (including phenoxy) is 1. The molecule has 7 nitrogen and oxygen atoms in total. The zero-order chi connectivity index (χ0) is 23.5. The van der Waals surface area contributed by atoms with Crippen molar-refractivity contribution in [2.45, 2.75) is 57.3 Å². The molecule has 8 heteroatoms. The van der Waals surface area contributed by atoms with Crippen LogP contribution >= 0.6 is 0 Å². The van der Waals surface area contributed by atoms with E-state index in [2.05, 4.69) is 28.8 Å². The molecule has 3 rings (SSSR count). The van der Waals surface area contributed by atoms with Crippen LogP contribution in [0.15, 0.2) is 53.4 Å². The third kappa shape index (κ3) is 6.09. The predicted octanol–water partition coefficient (Wildman–Crippen LogP) is 3.41. The molecular weight excluding hydrogens is 426 g/mol. The summed E-state index contributed by atoms with van der Waals surface area (Å²) >= 11 is 0. The Bertz CT molecular complexity index is 1060. The second-order valence-electron chi connectivity index (χ2n) is 9.16. The van der Waals surface area contributed by atoms with Gasteiger partial charge in [0.1, 0.15) is 0 Å². The number of sulfonamides is 1. The molecule has 1 aliphatic rings. The Labute approximate surface area is 191 Å². The van der Waals surface area contributed by atoms with Crippen LogP contribution in [0, 0.1) is 6.92 Å². The van der Waals surface area contributed by atoms with E-state index in [0.29, 0.717) is 17.8 Å². The summed E-state index contributed by atoms with van der Waals surface area (Å²) in [5.74, 6) is -0.306. The van der Waals surface area contributed by atoms with Gasteiger partial charge in [-0.3, -0.25) is 14.4 Å². The van der Waals surface area contributed by atoms with E-state index >= 15 is 0 Å². The number of rotatable bonds is 7. The minimum atomic E-state index is -3.81. The average Bonchev–Trinajstić information content (AvgIpc) is 2.71. The zero-order valence-electron chi connectivity index (χ0n) is 19.4. The Balaban J connectivity index is 1.68. The number of morpholine rings is 1. The van der Waals surface area contributed by atoms with E-state index in [1.54, 1.807) is 30.3 Å². The fourth-order valence-electron chi connectivity index (χ4n) is 3.91. The number of amides is 1. The molecule has 0 spiro atoms. The molecule has 2 atom stereocenters. The van der Waals surface area contributed by atoms with Crippen LogP contribution in [0.3, 0.4) is 0 Å². The van der Waals surface area contributed by atoms with Crippen molar-refractivity contribution in [2.75, 3.05) is 24.4 Å². The van der Waals surface area contributed by atoms with Crippen molar-refractivity contribution >= 4 is 21.6 Å². The Morgan fingerprint density at radius 1 is 1.09 bits per heavy atom. The lowest BCUT2D eigenvalue weighted by molar-refractivity contribution is -0.0948. The van der Waals surface area contributed by atoms with Gasteiger partial charge in [0.05, 0.1) is 17.1 Å². The van der Waals surface area contributed by atoms with Gasteiger partial charge in [-0.2, -0.15) is 0 Å². The Morgan fingerprint density at radius 2 is 1.75 bits per heavy atom. The summed E-state index contributed by atoms with van der Waals surface area (Å²) in [5.41, 5.74) is 1.47. The summed E-state index contributed by atoms with van der Waals surface area (Å²) in [4.78, 5) is 15.2. The van der Waals surface area contributed by atoms with Gasteiger partial charge in [-0.05, 0) is 70.5 Å². The quantitative estimate of drug-likeness (QED) is 0.663. The van der Waals surface area contributed by atoms with Gasteiger partial charge in [0.2, 0.25) is 0 Å². The molecule has 0 aromatic heterocycles. The molecule has 1 saturated heterocycles. The van der Waals surface area contributed by atoms with Gasteiger partial charge in [-0.1, -0.05) is 18.2 Å². The second-order valence-corrected chi connectivity index (χ2v) is 10.8. The van der Waals surface area contributed by atoms with Gasteiger partial charge >= 0.3 is 0 Å². The molecule has 2 N–H and O–H groups in total. The lowest BCUT2D eigenvalue weighted by Crippen LogP contribution is -2.58. The number of carbonyl (C=O) groups is 1. The summed E-state index contributed by atoms with van der Waals surface area (Å²) in [7, 11) is -3.81. The molecule has 1 amide bonds. The highest BCUT2D eigenvalue weighted by Crippen LogP contribution is 2.21. The van der Waals surface area contributed by atoms with Crippen LogP contribution in [0.2, 0.25) is 0 Å². The van der Waals surface area contributed by atoms with Crippen LogP contribution in [0.1, 0.15) is 43.6 Å². The van der Waals surface area contributed by atoms with E-state index in [0.717, 1.165) is 18.7 Å². The number of hydrogen-bond acceptors (Lipinski definition) is 5. The maximum atomic E-state index is 12.8. The van der Waals surface area contributed by atoms with Gasteiger partial charge in [-0.15, -0.1) is 0 Å². The van der Waals surface area contributed by atoms with E-state index in [1.807, 2.05) is 26.8 Å². The average molecular weight is 460 g/mol. The van der Waals surface area contributed by atoms with Gasteiger partial charge in [0.25, 0.3) is 15.9 Å². The maximum Gasteiger partial charge on any atom is 0.261 e.